The van der Waals surface area contributed by atoms with Crippen molar-refractivity contribution in [2.75, 3.05) is 50.7 Å². The van der Waals surface area contributed by atoms with Crippen molar-refractivity contribution in [1.29, 1.82) is 0 Å². The number of aryl methyl sites for hydroxylation is 1. The topological polar surface area (TPSA) is 93.0 Å². The number of hydrogen-bond donors (Lipinski definition) is 2. The van der Waals surface area contributed by atoms with Crippen molar-refractivity contribution in [3.63, 3.8) is 0 Å². The van der Waals surface area contributed by atoms with Crippen LogP contribution >= 0.6 is 0 Å². The number of amides is 1. The van der Waals surface area contributed by atoms with Crippen molar-refractivity contribution < 1.29 is 15.0 Å². The smallest absolute Gasteiger partial charge is 0.225 e. The quantitative estimate of drug-likeness (QED) is 0.700. The molecule has 0 saturated carbocycles. The Kier molecular flexibility index (Phi) is 6.26. The highest BCUT2D eigenvalue weighted by Gasteiger charge is 2.47. The van der Waals surface area contributed by atoms with E-state index in [1.807, 2.05) is 30.3 Å². The number of aliphatic hydroxyl groups excluding tert-OH is 1. The number of piperazine rings is 1. The van der Waals surface area contributed by atoms with Crippen LogP contribution in [0.3, 0.4) is 0 Å². The van der Waals surface area contributed by atoms with Gasteiger partial charge in [0.2, 0.25) is 11.9 Å². The Morgan fingerprint density at radius 3 is 2.47 bits per heavy atom. The highest BCUT2D eigenvalue weighted by Crippen LogP contribution is 2.25. The normalized spacial score (nSPS) is 24.9. The highest BCUT2D eigenvalue weighted by atomic mass is 16.3. The maximum absolute atomic E-state index is 12.6. The van der Waals surface area contributed by atoms with Crippen molar-refractivity contribution in [3.05, 3.63) is 54.4 Å². The maximum Gasteiger partial charge on any atom is 0.225 e. The van der Waals surface area contributed by atoms with E-state index < -0.39 is 11.7 Å². The molecule has 2 aliphatic heterocycles. The lowest BCUT2D eigenvalue weighted by atomic mass is 9.99. The number of hydrogen-bond acceptors (Lipinski definition) is 7. The van der Waals surface area contributed by atoms with Crippen molar-refractivity contribution in [2.24, 2.45) is 0 Å². The lowest BCUT2D eigenvalue weighted by Gasteiger charge is -2.38. The lowest BCUT2D eigenvalue weighted by Crippen LogP contribution is -2.56. The summed E-state index contributed by atoms with van der Waals surface area (Å²) in [5.74, 6) is 0.687. The van der Waals surface area contributed by atoms with Crippen molar-refractivity contribution in [2.45, 2.75) is 24.5 Å². The number of carbonyl (C=O) groups is 1. The maximum atomic E-state index is 12.6. The van der Waals surface area contributed by atoms with Crippen LogP contribution in [0.25, 0.3) is 0 Å². The molecule has 4 rings (SSSR count). The molecule has 8 nitrogen and oxygen atoms in total. The van der Waals surface area contributed by atoms with Gasteiger partial charge < -0.3 is 20.0 Å². The first-order valence-corrected chi connectivity index (χ1v) is 10.5. The second-order valence-electron chi connectivity index (χ2n) is 8.19. The average Bonchev–Trinajstić information content (AvgIpc) is 3.08. The highest BCUT2D eigenvalue weighted by molar-refractivity contribution is 5.77. The molecule has 8 heteroatoms. The van der Waals surface area contributed by atoms with E-state index in [0.29, 0.717) is 25.3 Å². The zero-order valence-electron chi connectivity index (χ0n) is 17.1. The fourth-order valence-corrected chi connectivity index (χ4v) is 4.23. The number of aliphatic hydroxyl groups is 2. The summed E-state index contributed by atoms with van der Waals surface area (Å²) in [6, 6.07) is 11.7. The number of likely N-dealkylation sites (tertiary alicyclic amines) is 1. The molecule has 160 valence electrons. The third-order valence-electron chi connectivity index (χ3n) is 6.01. The van der Waals surface area contributed by atoms with Gasteiger partial charge in [-0.05, 0) is 18.1 Å². The van der Waals surface area contributed by atoms with Crippen LogP contribution in [0, 0.1) is 0 Å². The first kappa shape index (κ1) is 20.7. The lowest BCUT2D eigenvalue weighted by molar-refractivity contribution is -0.131. The SMILES string of the molecule is O=C(CCc1ccccc1)N1C[C@@H](O)[C@](O)(CN2CCN(c3ncccn3)CC2)C1. The number of benzene rings is 1. The molecule has 2 atom stereocenters. The minimum Gasteiger partial charge on any atom is -0.388 e. The minimum atomic E-state index is -1.30. The number of carbonyl (C=O) groups excluding carboxylic acids is 1. The number of aromatic nitrogens is 2. The first-order chi connectivity index (χ1) is 14.5. The molecule has 2 aliphatic rings. The third kappa shape index (κ3) is 4.77. The number of nitrogens with zero attached hydrogens (tertiary/aromatic N) is 5. The molecular formula is C22H29N5O3. The molecular weight excluding hydrogens is 382 g/mol. The second kappa shape index (κ2) is 9.07. The molecule has 30 heavy (non-hydrogen) atoms. The monoisotopic (exact) mass is 411 g/mol. The van der Waals surface area contributed by atoms with Gasteiger partial charge >= 0.3 is 0 Å². The van der Waals surface area contributed by atoms with E-state index in [2.05, 4.69) is 19.8 Å². The summed E-state index contributed by atoms with van der Waals surface area (Å²) in [5, 5.41) is 21.6. The van der Waals surface area contributed by atoms with E-state index in [1.54, 1.807) is 23.4 Å². The van der Waals surface area contributed by atoms with E-state index in [4.69, 9.17) is 0 Å². The Morgan fingerprint density at radius 1 is 1.07 bits per heavy atom. The summed E-state index contributed by atoms with van der Waals surface area (Å²) in [5.41, 5.74) is -0.186. The standard InChI is InChI=1S/C22H29N5O3/c28-19-15-27(20(29)8-7-18-5-2-1-3-6-18)17-22(19,30)16-25-11-13-26(14-12-25)21-23-9-4-10-24-21/h1-6,9-10,19,28,30H,7-8,11-17H2/t19-,22+/m1/s1. The van der Waals surface area contributed by atoms with Crippen LogP contribution in [0.2, 0.25) is 0 Å². The summed E-state index contributed by atoms with van der Waals surface area (Å²) in [4.78, 5) is 27.0. The third-order valence-corrected chi connectivity index (χ3v) is 6.01. The summed E-state index contributed by atoms with van der Waals surface area (Å²) in [6.45, 7) is 3.71. The van der Waals surface area contributed by atoms with Crippen LogP contribution in [0.15, 0.2) is 48.8 Å². The second-order valence-corrected chi connectivity index (χ2v) is 8.19. The van der Waals surface area contributed by atoms with Crippen molar-refractivity contribution in [1.82, 2.24) is 19.8 Å². The molecule has 0 unspecified atom stereocenters. The van der Waals surface area contributed by atoms with Crippen LogP contribution in [0.1, 0.15) is 12.0 Å². The molecule has 2 saturated heterocycles. The van der Waals surface area contributed by atoms with Gasteiger partial charge in [-0.25, -0.2) is 9.97 Å². The van der Waals surface area contributed by atoms with Crippen LogP contribution in [0.4, 0.5) is 5.95 Å². The summed E-state index contributed by atoms with van der Waals surface area (Å²) in [6.07, 6.45) is 3.57. The van der Waals surface area contributed by atoms with Gasteiger partial charge in [0.25, 0.3) is 0 Å². The largest absolute Gasteiger partial charge is 0.388 e. The van der Waals surface area contributed by atoms with E-state index in [9.17, 15) is 15.0 Å². The van der Waals surface area contributed by atoms with Crippen LogP contribution in [-0.2, 0) is 11.2 Å². The zero-order chi connectivity index (χ0) is 21.0. The van der Waals surface area contributed by atoms with E-state index >= 15 is 0 Å². The molecule has 0 aliphatic carbocycles. The number of rotatable bonds is 6. The Hall–Kier alpha value is -2.55. The molecule has 1 amide bonds. The summed E-state index contributed by atoms with van der Waals surface area (Å²) in [7, 11) is 0. The number of anilines is 1. The van der Waals surface area contributed by atoms with Crippen LogP contribution in [0.5, 0.6) is 0 Å². The minimum absolute atomic E-state index is 0.0279. The molecule has 2 N–H and O–H groups in total. The van der Waals surface area contributed by atoms with Crippen molar-refractivity contribution >= 4 is 11.9 Å². The predicted octanol–water partition coefficient (Wildman–Crippen LogP) is 0.166. The Bertz CT molecular complexity index is 829. The van der Waals surface area contributed by atoms with E-state index in [0.717, 1.165) is 31.7 Å². The van der Waals surface area contributed by atoms with E-state index in [1.165, 1.54) is 0 Å². The molecule has 0 bridgehead atoms. The zero-order valence-corrected chi connectivity index (χ0v) is 17.1. The molecule has 0 radical (unpaired) electrons. The van der Waals surface area contributed by atoms with Gasteiger partial charge in [-0.1, -0.05) is 30.3 Å². The van der Waals surface area contributed by atoms with Gasteiger partial charge in [-0.15, -0.1) is 0 Å². The Morgan fingerprint density at radius 2 is 1.77 bits per heavy atom. The summed E-state index contributed by atoms with van der Waals surface area (Å²) >= 11 is 0. The molecule has 1 aromatic carbocycles. The van der Waals surface area contributed by atoms with Gasteiger partial charge in [0, 0.05) is 58.1 Å². The first-order valence-electron chi connectivity index (χ1n) is 10.5. The molecule has 3 heterocycles. The van der Waals surface area contributed by atoms with E-state index in [-0.39, 0.29) is 19.0 Å². The molecule has 2 fully saturated rings. The van der Waals surface area contributed by atoms with Crippen molar-refractivity contribution in [3.8, 4) is 0 Å². The molecule has 0 spiro atoms. The van der Waals surface area contributed by atoms with Gasteiger partial charge in [0.05, 0.1) is 6.54 Å². The van der Waals surface area contributed by atoms with Crippen LogP contribution < -0.4 is 4.90 Å². The van der Waals surface area contributed by atoms with Crippen LogP contribution in [-0.4, -0.2) is 93.4 Å². The number of β-amino-alcohol motifs (C(OH)–C–C–N with tert-alkyl or cyclic N) is 2. The Labute approximate surface area is 176 Å². The van der Waals surface area contributed by atoms with Gasteiger partial charge in [0.15, 0.2) is 0 Å². The predicted molar refractivity (Wildman–Crippen MR) is 113 cm³/mol. The average molecular weight is 412 g/mol. The van der Waals surface area contributed by atoms with Gasteiger partial charge in [-0.2, -0.15) is 0 Å². The fourth-order valence-electron chi connectivity index (χ4n) is 4.23. The molecule has 2 aromatic rings. The summed E-state index contributed by atoms with van der Waals surface area (Å²) < 4.78 is 0. The van der Waals surface area contributed by atoms with Gasteiger partial charge in [0.1, 0.15) is 11.7 Å². The Balaban J connectivity index is 1.27. The molecule has 1 aromatic heterocycles. The van der Waals surface area contributed by atoms with Gasteiger partial charge in [-0.3, -0.25) is 9.69 Å². The fraction of sp³-hybridized carbons (Fsp3) is 0.500.